The lowest BCUT2D eigenvalue weighted by molar-refractivity contribution is -0.129. The molecule has 4 heteroatoms. The van der Waals surface area contributed by atoms with Gasteiger partial charge in [0.2, 0.25) is 5.91 Å². The van der Waals surface area contributed by atoms with Crippen LogP contribution in [0.2, 0.25) is 0 Å². The monoisotopic (exact) mass is 311 g/mol. The number of hydrogen-bond donors (Lipinski definition) is 0. The van der Waals surface area contributed by atoms with Crippen molar-refractivity contribution in [2.45, 2.75) is 31.1 Å². The smallest absolute Gasteiger partial charge is 0.224 e. The molecule has 0 radical (unpaired) electrons. The van der Waals surface area contributed by atoms with Crippen molar-refractivity contribution < 1.29 is 9.53 Å². The molecule has 0 spiro atoms. The predicted octanol–water partition coefficient (Wildman–Crippen LogP) is 2.76. The van der Waals surface area contributed by atoms with E-state index in [-0.39, 0.29) is 16.8 Å². The fourth-order valence-corrected chi connectivity index (χ4v) is 2.64. The maximum Gasteiger partial charge on any atom is 0.224 e. The van der Waals surface area contributed by atoms with Crippen LogP contribution in [0.15, 0.2) is 24.3 Å². The summed E-state index contributed by atoms with van der Waals surface area (Å²) >= 11 is 3.49. The minimum absolute atomic E-state index is 0.112. The van der Waals surface area contributed by atoms with E-state index in [1.165, 1.54) is 5.56 Å². The standard InChI is InChI=1S/C14H18BrNO2/c1-10-3-5-13(6-4-10)18-9-11(2)16-8-12(15)7-14(16)17/h3-6,11-12H,7-9H2,1-2H3. The SMILES string of the molecule is Cc1ccc(OCC(C)N2CC(Br)CC2=O)cc1. The molecule has 1 amide bonds. The van der Waals surface area contributed by atoms with Gasteiger partial charge in [0.15, 0.2) is 0 Å². The molecule has 2 rings (SSSR count). The second-order valence-corrected chi connectivity index (χ2v) is 6.12. The molecule has 1 aliphatic rings. The predicted molar refractivity (Wildman–Crippen MR) is 75.2 cm³/mol. The zero-order valence-electron chi connectivity index (χ0n) is 10.7. The molecule has 0 aliphatic carbocycles. The third kappa shape index (κ3) is 3.25. The van der Waals surface area contributed by atoms with Crippen molar-refractivity contribution in [1.82, 2.24) is 4.90 Å². The van der Waals surface area contributed by atoms with E-state index in [1.807, 2.05) is 43.0 Å². The number of halogens is 1. The highest BCUT2D eigenvalue weighted by molar-refractivity contribution is 9.09. The van der Waals surface area contributed by atoms with Crippen LogP contribution in [0.25, 0.3) is 0 Å². The van der Waals surface area contributed by atoms with E-state index in [4.69, 9.17) is 4.74 Å². The van der Waals surface area contributed by atoms with Gasteiger partial charge in [-0.05, 0) is 26.0 Å². The highest BCUT2D eigenvalue weighted by Gasteiger charge is 2.31. The van der Waals surface area contributed by atoms with Crippen molar-refractivity contribution in [2.75, 3.05) is 13.2 Å². The zero-order valence-corrected chi connectivity index (χ0v) is 12.3. The molecule has 2 atom stereocenters. The Morgan fingerprint density at radius 2 is 2.11 bits per heavy atom. The van der Waals surface area contributed by atoms with E-state index in [0.29, 0.717) is 13.0 Å². The molecule has 1 saturated heterocycles. The van der Waals surface area contributed by atoms with Crippen LogP contribution in [0.3, 0.4) is 0 Å². The number of carbonyl (C=O) groups excluding carboxylic acids is 1. The quantitative estimate of drug-likeness (QED) is 0.800. The Hall–Kier alpha value is -1.03. The maximum absolute atomic E-state index is 11.7. The van der Waals surface area contributed by atoms with Gasteiger partial charge in [-0.15, -0.1) is 0 Å². The topological polar surface area (TPSA) is 29.5 Å². The molecular weight excluding hydrogens is 294 g/mol. The Kier molecular flexibility index (Phi) is 4.27. The summed E-state index contributed by atoms with van der Waals surface area (Å²) in [5.74, 6) is 1.06. The molecule has 0 N–H and O–H groups in total. The highest BCUT2D eigenvalue weighted by Crippen LogP contribution is 2.21. The number of likely N-dealkylation sites (tertiary alicyclic amines) is 1. The molecular formula is C14H18BrNO2. The molecule has 1 aliphatic heterocycles. The van der Waals surface area contributed by atoms with Crippen molar-refractivity contribution in [3.63, 3.8) is 0 Å². The Morgan fingerprint density at radius 1 is 1.44 bits per heavy atom. The first-order valence-corrected chi connectivity index (χ1v) is 7.11. The maximum atomic E-state index is 11.7. The van der Waals surface area contributed by atoms with Crippen LogP contribution in [0, 0.1) is 6.92 Å². The third-order valence-electron chi connectivity index (χ3n) is 3.16. The average molecular weight is 312 g/mol. The van der Waals surface area contributed by atoms with Gasteiger partial charge in [0, 0.05) is 17.8 Å². The van der Waals surface area contributed by atoms with Crippen molar-refractivity contribution in [3.8, 4) is 5.75 Å². The van der Waals surface area contributed by atoms with Crippen molar-refractivity contribution in [1.29, 1.82) is 0 Å². The number of benzene rings is 1. The fraction of sp³-hybridized carbons (Fsp3) is 0.500. The van der Waals surface area contributed by atoms with Crippen molar-refractivity contribution in [3.05, 3.63) is 29.8 Å². The first-order valence-electron chi connectivity index (χ1n) is 6.19. The van der Waals surface area contributed by atoms with Crippen LogP contribution < -0.4 is 4.74 Å². The van der Waals surface area contributed by atoms with Gasteiger partial charge < -0.3 is 9.64 Å². The van der Waals surface area contributed by atoms with Crippen molar-refractivity contribution in [2.24, 2.45) is 0 Å². The second kappa shape index (κ2) is 5.74. The summed E-state index contributed by atoms with van der Waals surface area (Å²) in [6, 6.07) is 8.08. The lowest BCUT2D eigenvalue weighted by atomic mass is 10.2. The van der Waals surface area contributed by atoms with Crippen LogP contribution >= 0.6 is 15.9 Å². The van der Waals surface area contributed by atoms with E-state index >= 15 is 0 Å². The number of aryl methyl sites for hydroxylation is 1. The number of carbonyl (C=O) groups is 1. The number of rotatable bonds is 4. The molecule has 3 nitrogen and oxygen atoms in total. The Bertz CT molecular complexity index is 418. The van der Waals surface area contributed by atoms with Crippen LogP contribution in [0.5, 0.6) is 5.75 Å². The molecule has 98 valence electrons. The molecule has 0 saturated carbocycles. The average Bonchev–Trinajstić information content (AvgIpc) is 2.67. The number of nitrogens with zero attached hydrogens (tertiary/aromatic N) is 1. The number of hydrogen-bond acceptors (Lipinski definition) is 2. The third-order valence-corrected chi connectivity index (χ3v) is 3.77. The zero-order chi connectivity index (χ0) is 13.1. The number of alkyl halides is 1. The highest BCUT2D eigenvalue weighted by atomic mass is 79.9. The van der Waals surface area contributed by atoms with Gasteiger partial charge in [0.25, 0.3) is 0 Å². The van der Waals surface area contributed by atoms with Crippen LogP contribution in [-0.2, 0) is 4.79 Å². The summed E-state index contributed by atoms with van der Waals surface area (Å²) in [6.45, 7) is 5.38. The summed E-state index contributed by atoms with van der Waals surface area (Å²) in [4.78, 5) is 13.9. The summed E-state index contributed by atoms with van der Waals surface area (Å²) in [6.07, 6.45) is 0.592. The van der Waals surface area contributed by atoms with Crippen LogP contribution in [-0.4, -0.2) is 34.8 Å². The van der Waals surface area contributed by atoms with Gasteiger partial charge in [-0.1, -0.05) is 33.6 Å². The van der Waals surface area contributed by atoms with Gasteiger partial charge in [-0.25, -0.2) is 0 Å². The van der Waals surface area contributed by atoms with Crippen LogP contribution in [0.4, 0.5) is 0 Å². The van der Waals surface area contributed by atoms with Crippen molar-refractivity contribution >= 4 is 21.8 Å². The molecule has 1 fully saturated rings. The van der Waals surface area contributed by atoms with Gasteiger partial charge in [0.05, 0.1) is 6.04 Å². The lowest BCUT2D eigenvalue weighted by Gasteiger charge is -2.24. The van der Waals surface area contributed by atoms with Gasteiger partial charge in [0.1, 0.15) is 12.4 Å². The molecule has 0 aromatic heterocycles. The Labute approximate surface area is 116 Å². The van der Waals surface area contributed by atoms with Gasteiger partial charge >= 0.3 is 0 Å². The molecule has 1 aromatic carbocycles. The molecule has 18 heavy (non-hydrogen) atoms. The van der Waals surface area contributed by atoms with Gasteiger partial charge in [-0.3, -0.25) is 4.79 Å². The number of ether oxygens (including phenoxy) is 1. The Morgan fingerprint density at radius 3 is 2.67 bits per heavy atom. The molecule has 0 bridgehead atoms. The number of amides is 1. The normalized spacial score (nSPS) is 21.2. The minimum Gasteiger partial charge on any atom is -0.491 e. The molecule has 1 aromatic rings. The first-order chi connectivity index (χ1) is 8.56. The summed E-state index contributed by atoms with van der Waals surface area (Å²) in [5, 5.41) is 0. The summed E-state index contributed by atoms with van der Waals surface area (Å²) in [5.41, 5.74) is 1.22. The summed E-state index contributed by atoms with van der Waals surface area (Å²) in [7, 11) is 0. The van der Waals surface area contributed by atoms with E-state index in [1.54, 1.807) is 0 Å². The van der Waals surface area contributed by atoms with E-state index in [9.17, 15) is 4.79 Å². The van der Waals surface area contributed by atoms with E-state index in [0.717, 1.165) is 12.3 Å². The largest absolute Gasteiger partial charge is 0.491 e. The van der Waals surface area contributed by atoms with E-state index < -0.39 is 0 Å². The second-order valence-electron chi connectivity index (χ2n) is 4.82. The first kappa shape index (κ1) is 13.4. The molecule has 2 unspecified atom stereocenters. The van der Waals surface area contributed by atoms with Gasteiger partial charge in [-0.2, -0.15) is 0 Å². The van der Waals surface area contributed by atoms with E-state index in [2.05, 4.69) is 15.9 Å². The minimum atomic E-state index is 0.112. The van der Waals surface area contributed by atoms with Crippen LogP contribution in [0.1, 0.15) is 18.9 Å². The summed E-state index contributed by atoms with van der Waals surface area (Å²) < 4.78 is 5.71. The Balaban J connectivity index is 1.86. The lowest BCUT2D eigenvalue weighted by Crippen LogP contribution is -2.38. The fourth-order valence-electron chi connectivity index (χ4n) is 2.05. The molecule has 1 heterocycles.